The van der Waals surface area contributed by atoms with Gasteiger partial charge in [-0.2, -0.15) is 0 Å². The second-order valence-corrected chi connectivity index (χ2v) is 7.17. The smallest absolute Gasteiger partial charge is 0.267 e. The third-order valence-corrected chi connectivity index (χ3v) is 4.89. The van der Waals surface area contributed by atoms with Crippen LogP contribution in [0.25, 0.3) is 10.9 Å². The lowest BCUT2D eigenvalue weighted by Crippen LogP contribution is -2.50. The van der Waals surface area contributed by atoms with Gasteiger partial charge >= 0.3 is 0 Å². The van der Waals surface area contributed by atoms with E-state index in [4.69, 9.17) is 0 Å². The number of halogens is 1. The number of aromatic amines is 1. The van der Waals surface area contributed by atoms with E-state index in [2.05, 4.69) is 15.2 Å². The van der Waals surface area contributed by atoms with Gasteiger partial charge in [0.25, 0.3) is 5.91 Å². The Balaban J connectivity index is 1.67. The normalized spacial score (nSPS) is 18.1. The lowest BCUT2D eigenvalue weighted by molar-refractivity contribution is -0.130. The number of nitrogens with zero attached hydrogens (tertiary/aromatic N) is 2. The molecule has 2 heterocycles. The van der Waals surface area contributed by atoms with E-state index in [1.54, 1.807) is 31.1 Å². The highest BCUT2D eigenvalue weighted by atomic mass is 19.1. The van der Waals surface area contributed by atoms with E-state index in [1.165, 1.54) is 6.07 Å². The molecule has 1 aromatic carbocycles. The SMILES string of the molecule is Cc1ccc(F)c2cc(C(=O)NC3CCCN(CC(=O)N(C)C)C3)[nH]c12. The van der Waals surface area contributed by atoms with Crippen LogP contribution in [-0.4, -0.2) is 66.4 Å². The van der Waals surface area contributed by atoms with E-state index < -0.39 is 0 Å². The fourth-order valence-electron chi connectivity index (χ4n) is 3.36. The Kier molecular flexibility index (Phi) is 5.27. The van der Waals surface area contributed by atoms with Crippen LogP contribution in [0.15, 0.2) is 18.2 Å². The predicted molar refractivity (Wildman–Crippen MR) is 98.6 cm³/mol. The Morgan fingerprint density at radius 3 is 2.85 bits per heavy atom. The molecule has 1 unspecified atom stereocenters. The quantitative estimate of drug-likeness (QED) is 0.875. The molecule has 2 N–H and O–H groups in total. The number of H-pyrrole nitrogens is 1. The van der Waals surface area contributed by atoms with Gasteiger partial charge in [-0.3, -0.25) is 14.5 Å². The number of likely N-dealkylation sites (N-methyl/N-ethyl adjacent to an activating group) is 1. The minimum Gasteiger partial charge on any atom is -0.350 e. The summed E-state index contributed by atoms with van der Waals surface area (Å²) in [5.41, 5.74) is 1.90. The molecular weight excluding hydrogens is 335 g/mol. The molecule has 1 aliphatic rings. The summed E-state index contributed by atoms with van der Waals surface area (Å²) in [6.07, 6.45) is 1.79. The number of rotatable bonds is 4. The van der Waals surface area contributed by atoms with Crippen LogP contribution in [0.4, 0.5) is 4.39 Å². The van der Waals surface area contributed by atoms with Gasteiger partial charge in [-0.25, -0.2) is 4.39 Å². The lowest BCUT2D eigenvalue weighted by Gasteiger charge is -2.33. The van der Waals surface area contributed by atoms with Crippen molar-refractivity contribution in [1.82, 2.24) is 20.1 Å². The van der Waals surface area contributed by atoms with Gasteiger partial charge < -0.3 is 15.2 Å². The molecule has 0 saturated carbocycles. The molecule has 1 aliphatic heterocycles. The zero-order valence-electron chi connectivity index (χ0n) is 15.4. The highest BCUT2D eigenvalue weighted by Gasteiger charge is 2.24. The summed E-state index contributed by atoms with van der Waals surface area (Å²) in [5.74, 6) is -0.531. The summed E-state index contributed by atoms with van der Waals surface area (Å²) in [5, 5.41) is 3.44. The molecule has 3 rings (SSSR count). The molecule has 2 aromatic rings. The van der Waals surface area contributed by atoms with Crippen LogP contribution in [0.1, 0.15) is 28.9 Å². The minimum absolute atomic E-state index is 0.0245. The van der Waals surface area contributed by atoms with Crippen molar-refractivity contribution >= 4 is 22.7 Å². The second-order valence-electron chi connectivity index (χ2n) is 7.17. The number of carbonyl (C=O) groups excluding carboxylic acids is 2. The molecule has 7 heteroatoms. The van der Waals surface area contributed by atoms with E-state index >= 15 is 0 Å². The van der Waals surface area contributed by atoms with E-state index in [-0.39, 0.29) is 23.7 Å². The van der Waals surface area contributed by atoms with Crippen molar-refractivity contribution < 1.29 is 14.0 Å². The molecule has 0 aliphatic carbocycles. The van der Waals surface area contributed by atoms with Crippen molar-refractivity contribution in [3.63, 3.8) is 0 Å². The van der Waals surface area contributed by atoms with Crippen LogP contribution in [0.5, 0.6) is 0 Å². The van der Waals surface area contributed by atoms with Crippen LogP contribution >= 0.6 is 0 Å². The standard InChI is InChI=1S/C19H25FN4O2/c1-12-6-7-15(20)14-9-16(22-18(12)14)19(26)21-13-5-4-8-24(10-13)11-17(25)23(2)3/h6-7,9,13,22H,4-5,8,10-11H2,1-3H3,(H,21,26). The number of aryl methyl sites for hydroxylation is 1. The van der Waals surface area contributed by atoms with Gasteiger partial charge in [0.15, 0.2) is 0 Å². The topological polar surface area (TPSA) is 68.4 Å². The molecule has 1 fully saturated rings. The molecule has 0 spiro atoms. The average molecular weight is 360 g/mol. The first-order valence-electron chi connectivity index (χ1n) is 8.86. The third-order valence-electron chi connectivity index (χ3n) is 4.89. The molecule has 1 saturated heterocycles. The van der Waals surface area contributed by atoms with E-state index in [0.717, 1.165) is 24.9 Å². The van der Waals surface area contributed by atoms with Crippen molar-refractivity contribution in [2.24, 2.45) is 0 Å². The van der Waals surface area contributed by atoms with Crippen LogP contribution in [0, 0.1) is 12.7 Å². The number of amides is 2. The fraction of sp³-hybridized carbons (Fsp3) is 0.474. The molecule has 1 aromatic heterocycles. The number of nitrogens with one attached hydrogen (secondary N) is 2. The predicted octanol–water partition coefficient (Wildman–Crippen LogP) is 1.90. The Morgan fingerprint density at radius 2 is 2.15 bits per heavy atom. The van der Waals surface area contributed by atoms with E-state index in [9.17, 15) is 14.0 Å². The highest BCUT2D eigenvalue weighted by molar-refractivity contribution is 5.99. The number of hydrogen-bond acceptors (Lipinski definition) is 3. The molecule has 0 bridgehead atoms. The molecule has 26 heavy (non-hydrogen) atoms. The maximum Gasteiger partial charge on any atom is 0.267 e. The summed E-state index contributed by atoms with van der Waals surface area (Å²) >= 11 is 0. The summed E-state index contributed by atoms with van der Waals surface area (Å²) in [6.45, 7) is 3.72. The van der Waals surface area contributed by atoms with Crippen molar-refractivity contribution in [2.75, 3.05) is 33.7 Å². The van der Waals surface area contributed by atoms with Gasteiger partial charge in [0.05, 0.1) is 12.1 Å². The Bertz CT molecular complexity index is 791. The van der Waals surface area contributed by atoms with Gasteiger partial charge in [-0.05, 0) is 44.0 Å². The molecule has 1 atom stereocenters. The third kappa shape index (κ3) is 3.88. The largest absolute Gasteiger partial charge is 0.350 e. The van der Waals surface area contributed by atoms with Crippen molar-refractivity contribution in [1.29, 1.82) is 0 Å². The number of fused-ring (bicyclic) bond motifs is 1. The number of hydrogen-bond donors (Lipinski definition) is 2. The first-order valence-corrected chi connectivity index (χ1v) is 8.86. The van der Waals surface area contributed by atoms with Crippen LogP contribution in [0.3, 0.4) is 0 Å². The van der Waals surface area contributed by atoms with Gasteiger partial charge in [-0.15, -0.1) is 0 Å². The highest BCUT2D eigenvalue weighted by Crippen LogP contribution is 2.22. The Morgan fingerprint density at radius 1 is 1.38 bits per heavy atom. The second kappa shape index (κ2) is 7.45. The first kappa shape index (κ1) is 18.4. The maximum absolute atomic E-state index is 13.9. The Hall–Kier alpha value is -2.41. The van der Waals surface area contributed by atoms with Crippen LogP contribution < -0.4 is 5.32 Å². The van der Waals surface area contributed by atoms with Crippen molar-refractivity contribution in [3.8, 4) is 0 Å². The molecule has 6 nitrogen and oxygen atoms in total. The summed E-state index contributed by atoms with van der Waals surface area (Å²) in [6, 6.07) is 4.64. The monoisotopic (exact) mass is 360 g/mol. The molecule has 0 radical (unpaired) electrons. The minimum atomic E-state index is -0.341. The molecule has 140 valence electrons. The lowest BCUT2D eigenvalue weighted by atomic mass is 10.1. The summed E-state index contributed by atoms with van der Waals surface area (Å²) in [7, 11) is 3.48. The Labute approximate surface area is 152 Å². The number of likely N-dealkylation sites (tertiary alicyclic amines) is 1. The van der Waals surface area contributed by atoms with Gasteiger partial charge in [0.2, 0.25) is 5.91 Å². The van der Waals surface area contributed by atoms with Crippen molar-refractivity contribution in [3.05, 3.63) is 35.3 Å². The fourth-order valence-corrected chi connectivity index (χ4v) is 3.36. The number of benzene rings is 1. The van der Waals surface area contributed by atoms with Crippen LogP contribution in [0.2, 0.25) is 0 Å². The van der Waals surface area contributed by atoms with Crippen molar-refractivity contribution in [2.45, 2.75) is 25.8 Å². The zero-order chi connectivity index (χ0) is 18.8. The number of carbonyl (C=O) groups is 2. The molecular formula is C19H25FN4O2. The molecule has 2 amide bonds. The number of aromatic nitrogens is 1. The zero-order valence-corrected chi connectivity index (χ0v) is 15.4. The summed E-state index contributed by atoms with van der Waals surface area (Å²) < 4.78 is 13.9. The van der Waals surface area contributed by atoms with E-state index in [0.29, 0.717) is 29.7 Å². The van der Waals surface area contributed by atoms with Gasteiger partial charge in [-0.1, -0.05) is 6.07 Å². The van der Waals surface area contributed by atoms with E-state index in [1.807, 2.05) is 6.92 Å². The average Bonchev–Trinajstić information content (AvgIpc) is 3.05. The first-order chi connectivity index (χ1) is 12.3. The van der Waals surface area contributed by atoms with Crippen LogP contribution in [-0.2, 0) is 4.79 Å². The van der Waals surface area contributed by atoms with Gasteiger partial charge in [0, 0.05) is 32.1 Å². The maximum atomic E-state index is 13.9. The number of piperidine rings is 1. The van der Waals surface area contributed by atoms with Gasteiger partial charge in [0.1, 0.15) is 11.5 Å². The summed E-state index contributed by atoms with van der Waals surface area (Å²) in [4.78, 5) is 31.1.